The number of amides is 1. The molecule has 0 bridgehead atoms. The first-order valence-corrected chi connectivity index (χ1v) is 8.25. The fourth-order valence-electron chi connectivity index (χ4n) is 4.21. The normalized spacial score (nSPS) is 21.2. The van der Waals surface area contributed by atoms with Crippen LogP contribution in [0.5, 0.6) is 5.75 Å². The van der Waals surface area contributed by atoms with Gasteiger partial charge in [0, 0.05) is 36.6 Å². The number of methoxy groups -OCH3 is 1. The van der Waals surface area contributed by atoms with Crippen molar-refractivity contribution in [2.75, 3.05) is 27.2 Å². The van der Waals surface area contributed by atoms with Gasteiger partial charge in [-0.1, -0.05) is 0 Å². The highest BCUT2D eigenvalue weighted by Crippen LogP contribution is 2.41. The van der Waals surface area contributed by atoms with E-state index in [0.717, 1.165) is 38.3 Å². The second kappa shape index (κ2) is 5.27. The minimum atomic E-state index is 0.180. The van der Waals surface area contributed by atoms with E-state index in [9.17, 15) is 4.79 Å². The van der Waals surface area contributed by atoms with Crippen molar-refractivity contribution in [3.63, 3.8) is 0 Å². The molecule has 1 atom stereocenters. The van der Waals surface area contributed by atoms with E-state index >= 15 is 0 Å². The molecule has 0 fully saturated rings. The van der Waals surface area contributed by atoms with Crippen LogP contribution in [0.4, 0.5) is 0 Å². The van der Waals surface area contributed by atoms with Gasteiger partial charge < -0.3 is 14.2 Å². The molecule has 122 valence electrons. The van der Waals surface area contributed by atoms with E-state index in [1.54, 1.807) is 14.0 Å². The molecule has 0 saturated carbocycles. The lowest BCUT2D eigenvalue weighted by Crippen LogP contribution is -2.39. The quantitative estimate of drug-likeness (QED) is 0.811. The molecule has 4 rings (SSSR count). The topological polar surface area (TPSA) is 37.7 Å². The summed E-state index contributed by atoms with van der Waals surface area (Å²) in [6, 6.07) is 6.52. The summed E-state index contributed by atoms with van der Waals surface area (Å²) in [5.74, 6) is 1.08. The van der Waals surface area contributed by atoms with E-state index < -0.39 is 0 Å². The van der Waals surface area contributed by atoms with Crippen LogP contribution in [-0.2, 0) is 17.9 Å². The zero-order chi connectivity index (χ0) is 16.1. The Balaban J connectivity index is 1.97. The van der Waals surface area contributed by atoms with Gasteiger partial charge >= 0.3 is 0 Å². The molecule has 5 nitrogen and oxygen atoms in total. The summed E-state index contributed by atoms with van der Waals surface area (Å²) in [6.07, 6.45) is 1.92. The number of rotatable bonds is 1. The summed E-state index contributed by atoms with van der Waals surface area (Å²) in [5, 5.41) is 1.28. The summed E-state index contributed by atoms with van der Waals surface area (Å²) in [6.45, 7) is 4.39. The van der Waals surface area contributed by atoms with Gasteiger partial charge in [0.15, 0.2) is 0 Å². The third-order valence-electron chi connectivity index (χ3n) is 5.29. The van der Waals surface area contributed by atoms with Crippen LogP contribution in [0.15, 0.2) is 18.2 Å². The predicted molar refractivity (Wildman–Crippen MR) is 89.6 cm³/mol. The Morgan fingerprint density at radius 1 is 1.30 bits per heavy atom. The molecule has 1 aromatic carbocycles. The molecule has 0 aliphatic carbocycles. The fourth-order valence-corrected chi connectivity index (χ4v) is 4.21. The van der Waals surface area contributed by atoms with E-state index in [-0.39, 0.29) is 11.9 Å². The van der Waals surface area contributed by atoms with E-state index in [0.29, 0.717) is 0 Å². The monoisotopic (exact) mass is 313 g/mol. The Hall–Kier alpha value is -2.01. The molecule has 1 aromatic heterocycles. The number of aromatic nitrogens is 1. The minimum absolute atomic E-state index is 0.180. The maximum atomic E-state index is 12.1. The highest BCUT2D eigenvalue weighted by molar-refractivity contribution is 5.88. The number of carbonyl (C=O) groups excluding carboxylic acids is 1. The predicted octanol–water partition coefficient (Wildman–Crippen LogP) is 2.39. The van der Waals surface area contributed by atoms with Crippen LogP contribution in [0.2, 0.25) is 0 Å². The molecule has 1 unspecified atom stereocenters. The number of carbonyl (C=O) groups is 1. The van der Waals surface area contributed by atoms with Crippen molar-refractivity contribution in [1.29, 1.82) is 0 Å². The van der Waals surface area contributed by atoms with Gasteiger partial charge in [0.1, 0.15) is 5.75 Å². The number of nitrogens with zero attached hydrogens (tertiary/aromatic N) is 3. The second-order valence-electron chi connectivity index (χ2n) is 6.66. The molecule has 0 radical (unpaired) electrons. The lowest BCUT2D eigenvalue weighted by molar-refractivity contribution is -0.131. The maximum absolute atomic E-state index is 12.1. The van der Waals surface area contributed by atoms with Crippen molar-refractivity contribution in [3.8, 4) is 5.75 Å². The summed E-state index contributed by atoms with van der Waals surface area (Å²) < 4.78 is 7.82. The van der Waals surface area contributed by atoms with E-state index in [2.05, 4.69) is 28.6 Å². The summed E-state index contributed by atoms with van der Waals surface area (Å²) in [5.41, 5.74) is 3.98. The van der Waals surface area contributed by atoms with E-state index in [1.165, 1.54) is 22.2 Å². The second-order valence-corrected chi connectivity index (χ2v) is 6.66. The van der Waals surface area contributed by atoms with Gasteiger partial charge in [-0.05, 0) is 43.7 Å². The Morgan fingerprint density at radius 3 is 2.87 bits per heavy atom. The summed E-state index contributed by atoms with van der Waals surface area (Å²) in [4.78, 5) is 16.5. The SMILES string of the molecule is COc1ccc2c(c1)c1c3n2CN(C)CCC3N(C(C)=O)CC1. The number of fused-ring (bicyclic) bond motifs is 3. The number of hydrogen-bond donors (Lipinski definition) is 0. The van der Waals surface area contributed by atoms with Crippen molar-refractivity contribution in [2.24, 2.45) is 0 Å². The van der Waals surface area contributed by atoms with Crippen LogP contribution >= 0.6 is 0 Å². The molecule has 3 heterocycles. The lowest BCUT2D eigenvalue weighted by Gasteiger charge is -2.35. The fraction of sp³-hybridized carbons (Fsp3) is 0.500. The molecule has 23 heavy (non-hydrogen) atoms. The number of hydrogen-bond acceptors (Lipinski definition) is 3. The van der Waals surface area contributed by atoms with Gasteiger partial charge in [-0.25, -0.2) is 0 Å². The number of benzene rings is 1. The average molecular weight is 313 g/mol. The van der Waals surface area contributed by atoms with E-state index in [4.69, 9.17) is 4.74 Å². The molecule has 0 saturated heterocycles. The largest absolute Gasteiger partial charge is 0.497 e. The van der Waals surface area contributed by atoms with E-state index in [1.807, 2.05) is 11.0 Å². The highest BCUT2D eigenvalue weighted by atomic mass is 16.5. The molecule has 2 aliphatic heterocycles. The Labute approximate surface area is 136 Å². The first-order chi connectivity index (χ1) is 11.1. The van der Waals surface area contributed by atoms with Gasteiger partial charge in [-0.3, -0.25) is 9.69 Å². The van der Waals surface area contributed by atoms with Gasteiger partial charge in [0.25, 0.3) is 0 Å². The molecule has 2 aromatic rings. The molecule has 5 heteroatoms. The van der Waals surface area contributed by atoms with Crippen LogP contribution in [-0.4, -0.2) is 47.5 Å². The van der Waals surface area contributed by atoms with Crippen LogP contribution in [0, 0.1) is 0 Å². The standard InChI is InChI=1S/C18H23N3O2/c1-12(22)20-9-6-14-15-10-13(23-3)4-5-16(15)21-11-19(2)8-7-17(20)18(14)21/h4-5,10,17H,6-9,11H2,1-3H3. The molecule has 1 amide bonds. The Morgan fingerprint density at radius 2 is 2.13 bits per heavy atom. The van der Waals surface area contributed by atoms with Crippen molar-refractivity contribution < 1.29 is 9.53 Å². The molecule has 0 N–H and O–H groups in total. The Bertz CT molecular complexity index is 780. The van der Waals surface area contributed by atoms with Crippen molar-refractivity contribution in [3.05, 3.63) is 29.5 Å². The smallest absolute Gasteiger partial charge is 0.220 e. The van der Waals surface area contributed by atoms with Crippen LogP contribution < -0.4 is 4.74 Å². The first kappa shape index (κ1) is 14.6. The van der Waals surface area contributed by atoms with Crippen LogP contribution in [0.25, 0.3) is 10.9 Å². The van der Waals surface area contributed by atoms with Crippen LogP contribution in [0.1, 0.15) is 30.6 Å². The van der Waals surface area contributed by atoms with Gasteiger partial charge in [0.05, 0.1) is 19.8 Å². The zero-order valence-electron chi connectivity index (χ0n) is 14.0. The molecule has 0 spiro atoms. The zero-order valence-corrected chi connectivity index (χ0v) is 14.0. The summed E-state index contributed by atoms with van der Waals surface area (Å²) >= 11 is 0. The minimum Gasteiger partial charge on any atom is -0.497 e. The van der Waals surface area contributed by atoms with Gasteiger partial charge in [-0.15, -0.1) is 0 Å². The van der Waals surface area contributed by atoms with Gasteiger partial charge in [0.2, 0.25) is 5.91 Å². The molecular weight excluding hydrogens is 290 g/mol. The van der Waals surface area contributed by atoms with Gasteiger partial charge in [-0.2, -0.15) is 0 Å². The summed E-state index contributed by atoms with van der Waals surface area (Å²) in [7, 11) is 3.86. The average Bonchev–Trinajstić information content (AvgIpc) is 2.74. The Kier molecular flexibility index (Phi) is 3.34. The third kappa shape index (κ3) is 2.14. The lowest BCUT2D eigenvalue weighted by atomic mass is 9.95. The van der Waals surface area contributed by atoms with Crippen molar-refractivity contribution in [2.45, 2.75) is 32.5 Å². The number of ether oxygens (including phenoxy) is 1. The first-order valence-electron chi connectivity index (χ1n) is 8.25. The van der Waals surface area contributed by atoms with Crippen molar-refractivity contribution >= 4 is 16.8 Å². The molecular formula is C18H23N3O2. The maximum Gasteiger partial charge on any atom is 0.220 e. The highest BCUT2D eigenvalue weighted by Gasteiger charge is 2.35. The van der Waals surface area contributed by atoms with Crippen LogP contribution in [0.3, 0.4) is 0 Å². The third-order valence-corrected chi connectivity index (χ3v) is 5.29. The van der Waals surface area contributed by atoms with Crippen molar-refractivity contribution in [1.82, 2.24) is 14.4 Å². The molecule has 2 aliphatic rings.